The minimum Gasteiger partial charge on any atom is -0.389 e. The van der Waals surface area contributed by atoms with Gasteiger partial charge >= 0.3 is 0 Å². The Morgan fingerprint density at radius 1 is 1.05 bits per heavy atom. The van der Waals surface area contributed by atoms with Crippen LogP contribution in [0.5, 0.6) is 0 Å². The standard InChI is InChI=1S/C29H28N6O3S/c1-29(2,38)17-35-22-9-8-20(32-16-23(36)18-6-4-3-5-7-18)15-21(22)33-28(35)34-27(37)25-11-10-24(39-25)19-12-13-31-26(30)14-19/h3-15,32,38H,16-17H2,1-2H3,(H2,30,31)(H,33,34,37). The number of carbonyl (C=O) groups excluding carboxylic acids is 2. The summed E-state index contributed by atoms with van der Waals surface area (Å²) >= 11 is 1.33. The van der Waals surface area contributed by atoms with E-state index in [1.54, 1.807) is 48.9 Å². The van der Waals surface area contributed by atoms with Crippen molar-refractivity contribution in [3.8, 4) is 10.4 Å². The number of fused-ring (bicyclic) bond motifs is 1. The normalized spacial score (nSPS) is 11.5. The zero-order chi connectivity index (χ0) is 27.6. The van der Waals surface area contributed by atoms with E-state index in [2.05, 4.69) is 20.6 Å². The molecule has 3 heterocycles. The number of thiophene rings is 1. The quantitative estimate of drug-likeness (QED) is 0.192. The Labute approximate surface area is 229 Å². The number of pyridine rings is 1. The first-order chi connectivity index (χ1) is 18.7. The number of carbonyl (C=O) groups is 2. The van der Waals surface area contributed by atoms with Crippen molar-refractivity contribution in [1.29, 1.82) is 0 Å². The van der Waals surface area contributed by atoms with Gasteiger partial charge in [0.05, 0.1) is 34.6 Å². The largest absolute Gasteiger partial charge is 0.389 e. The van der Waals surface area contributed by atoms with E-state index in [0.717, 1.165) is 21.6 Å². The molecular weight excluding hydrogens is 512 g/mol. The van der Waals surface area contributed by atoms with Crippen molar-refractivity contribution >= 4 is 51.5 Å². The molecule has 5 N–H and O–H groups in total. The van der Waals surface area contributed by atoms with Gasteiger partial charge in [-0.3, -0.25) is 14.9 Å². The van der Waals surface area contributed by atoms with Gasteiger partial charge in [0.15, 0.2) is 5.78 Å². The van der Waals surface area contributed by atoms with E-state index in [1.807, 2.05) is 48.5 Å². The van der Waals surface area contributed by atoms with Crippen LogP contribution in [0.3, 0.4) is 0 Å². The second-order valence-electron chi connectivity index (χ2n) is 9.77. The number of nitrogen functional groups attached to an aromatic ring is 1. The Balaban J connectivity index is 1.38. The molecule has 0 aliphatic rings. The number of aliphatic hydroxyl groups is 1. The number of ketones is 1. The zero-order valence-electron chi connectivity index (χ0n) is 21.5. The van der Waals surface area contributed by atoms with E-state index in [0.29, 0.717) is 27.7 Å². The molecule has 0 aliphatic heterocycles. The number of hydrogen-bond donors (Lipinski definition) is 4. The average Bonchev–Trinajstić information content (AvgIpc) is 3.52. The molecule has 0 aliphatic carbocycles. The predicted octanol–water partition coefficient (Wildman–Crippen LogP) is 5.06. The minimum absolute atomic E-state index is 0.0269. The number of nitrogens with two attached hydrogens (primary N) is 1. The molecule has 0 unspecified atom stereocenters. The van der Waals surface area contributed by atoms with Crippen molar-refractivity contribution in [2.75, 3.05) is 22.9 Å². The lowest BCUT2D eigenvalue weighted by atomic mass is 10.1. The molecule has 9 nitrogen and oxygen atoms in total. The van der Waals surface area contributed by atoms with E-state index < -0.39 is 5.60 Å². The summed E-state index contributed by atoms with van der Waals surface area (Å²) in [7, 11) is 0. The number of aromatic nitrogens is 3. The SMILES string of the molecule is CC(C)(O)Cn1c(NC(=O)c2ccc(-c3ccnc(N)c3)s2)nc2cc(NCC(=O)c3ccccc3)ccc21. The smallest absolute Gasteiger partial charge is 0.268 e. The molecule has 10 heteroatoms. The molecule has 0 fully saturated rings. The molecular formula is C29H28N6O3S. The average molecular weight is 541 g/mol. The highest BCUT2D eigenvalue weighted by molar-refractivity contribution is 7.17. The van der Waals surface area contributed by atoms with Crippen molar-refractivity contribution in [1.82, 2.24) is 14.5 Å². The number of anilines is 3. The minimum atomic E-state index is -1.05. The number of amides is 1. The van der Waals surface area contributed by atoms with Gasteiger partial charge in [-0.05, 0) is 61.9 Å². The van der Waals surface area contributed by atoms with Crippen LogP contribution in [0.15, 0.2) is 79.0 Å². The highest BCUT2D eigenvalue weighted by atomic mass is 32.1. The van der Waals surface area contributed by atoms with Crippen LogP contribution in [0.1, 0.15) is 33.9 Å². The van der Waals surface area contributed by atoms with Crippen LogP contribution in [0, 0.1) is 0 Å². The van der Waals surface area contributed by atoms with Crippen molar-refractivity contribution in [2.24, 2.45) is 0 Å². The summed E-state index contributed by atoms with van der Waals surface area (Å²) in [6, 6.07) is 21.8. The lowest BCUT2D eigenvalue weighted by Crippen LogP contribution is -2.27. The van der Waals surface area contributed by atoms with Crippen LogP contribution in [-0.4, -0.2) is 43.5 Å². The van der Waals surface area contributed by atoms with Crippen LogP contribution in [-0.2, 0) is 6.54 Å². The fourth-order valence-corrected chi connectivity index (χ4v) is 5.07. The van der Waals surface area contributed by atoms with Crippen LogP contribution >= 0.6 is 11.3 Å². The Kier molecular flexibility index (Phi) is 7.14. The van der Waals surface area contributed by atoms with E-state index in [1.165, 1.54) is 11.3 Å². The first-order valence-corrected chi connectivity index (χ1v) is 13.2. The zero-order valence-corrected chi connectivity index (χ0v) is 22.3. The van der Waals surface area contributed by atoms with Gasteiger partial charge in [-0.25, -0.2) is 9.97 Å². The molecule has 0 bridgehead atoms. The second kappa shape index (κ2) is 10.7. The summed E-state index contributed by atoms with van der Waals surface area (Å²) in [5.41, 5.74) is 8.34. The monoisotopic (exact) mass is 540 g/mol. The van der Waals surface area contributed by atoms with E-state index in [9.17, 15) is 14.7 Å². The molecule has 0 spiro atoms. The molecule has 5 rings (SSSR count). The molecule has 0 saturated heterocycles. The Hall–Kier alpha value is -4.54. The third-order valence-corrected chi connectivity index (χ3v) is 7.10. The summed E-state index contributed by atoms with van der Waals surface area (Å²) in [6.45, 7) is 3.74. The fourth-order valence-electron chi connectivity index (χ4n) is 4.17. The first-order valence-electron chi connectivity index (χ1n) is 12.3. The molecule has 198 valence electrons. The van der Waals surface area contributed by atoms with Crippen molar-refractivity contribution in [2.45, 2.75) is 26.0 Å². The summed E-state index contributed by atoms with van der Waals surface area (Å²) < 4.78 is 1.78. The topological polar surface area (TPSA) is 135 Å². The molecule has 39 heavy (non-hydrogen) atoms. The number of benzene rings is 2. The lowest BCUT2D eigenvalue weighted by molar-refractivity contribution is 0.0630. The third-order valence-electron chi connectivity index (χ3n) is 5.96. The van der Waals surface area contributed by atoms with Gasteiger partial charge < -0.3 is 20.7 Å². The second-order valence-corrected chi connectivity index (χ2v) is 10.9. The highest BCUT2D eigenvalue weighted by Crippen LogP contribution is 2.30. The van der Waals surface area contributed by atoms with Gasteiger partial charge in [-0.2, -0.15) is 0 Å². The molecule has 1 amide bonds. The van der Waals surface area contributed by atoms with E-state index >= 15 is 0 Å². The Morgan fingerprint density at radius 2 is 1.85 bits per heavy atom. The van der Waals surface area contributed by atoms with Crippen LogP contribution < -0.4 is 16.4 Å². The molecule has 2 aromatic carbocycles. The van der Waals surface area contributed by atoms with E-state index in [4.69, 9.17) is 5.73 Å². The fraction of sp³-hybridized carbons (Fsp3) is 0.172. The molecule has 3 aromatic heterocycles. The summed E-state index contributed by atoms with van der Waals surface area (Å²) in [6.07, 6.45) is 1.63. The van der Waals surface area contributed by atoms with Crippen molar-refractivity contribution in [3.05, 3.63) is 89.4 Å². The number of nitrogens with one attached hydrogen (secondary N) is 2. The summed E-state index contributed by atoms with van der Waals surface area (Å²) in [5, 5.41) is 16.6. The number of nitrogens with zero attached hydrogens (tertiary/aromatic N) is 3. The molecule has 0 radical (unpaired) electrons. The third kappa shape index (κ3) is 6.14. The van der Waals surface area contributed by atoms with Gasteiger partial charge in [0.25, 0.3) is 5.91 Å². The van der Waals surface area contributed by atoms with Crippen LogP contribution in [0.2, 0.25) is 0 Å². The lowest BCUT2D eigenvalue weighted by Gasteiger charge is -2.20. The Morgan fingerprint density at radius 3 is 2.59 bits per heavy atom. The number of imidazole rings is 1. The van der Waals surface area contributed by atoms with Gasteiger partial charge in [-0.1, -0.05) is 30.3 Å². The maximum absolute atomic E-state index is 13.2. The number of hydrogen-bond acceptors (Lipinski definition) is 8. The number of rotatable bonds is 9. The molecule has 0 atom stereocenters. The van der Waals surface area contributed by atoms with Crippen LogP contribution in [0.25, 0.3) is 21.5 Å². The number of Topliss-reactive ketones (excluding diaryl/α,β-unsaturated/α-hetero) is 1. The Bertz CT molecular complexity index is 1650. The predicted molar refractivity (Wildman–Crippen MR) is 155 cm³/mol. The highest BCUT2D eigenvalue weighted by Gasteiger charge is 2.22. The van der Waals surface area contributed by atoms with Gasteiger partial charge in [0, 0.05) is 22.3 Å². The van der Waals surface area contributed by atoms with Crippen molar-refractivity contribution in [3.63, 3.8) is 0 Å². The van der Waals surface area contributed by atoms with Crippen LogP contribution in [0.4, 0.5) is 17.5 Å². The van der Waals surface area contributed by atoms with Crippen molar-refractivity contribution < 1.29 is 14.7 Å². The maximum Gasteiger partial charge on any atom is 0.268 e. The molecule has 0 saturated carbocycles. The maximum atomic E-state index is 13.2. The molecule has 5 aromatic rings. The van der Waals surface area contributed by atoms with Gasteiger partial charge in [0.1, 0.15) is 5.82 Å². The van der Waals surface area contributed by atoms with E-state index in [-0.39, 0.29) is 24.8 Å². The van der Waals surface area contributed by atoms with Gasteiger partial charge in [-0.15, -0.1) is 11.3 Å². The van der Waals surface area contributed by atoms with Gasteiger partial charge in [0.2, 0.25) is 5.95 Å². The first kappa shape index (κ1) is 26.1. The summed E-state index contributed by atoms with van der Waals surface area (Å²) in [4.78, 5) is 35.8. The summed E-state index contributed by atoms with van der Waals surface area (Å²) in [5.74, 6) is 0.386.